The van der Waals surface area contributed by atoms with Crippen LogP contribution in [-0.4, -0.2) is 48.4 Å². The number of hydrogen-bond acceptors (Lipinski definition) is 2. The minimum atomic E-state index is 0.402. The molecule has 0 bridgehead atoms. The molecule has 0 radical (unpaired) electrons. The van der Waals surface area contributed by atoms with Crippen molar-refractivity contribution in [3.63, 3.8) is 0 Å². The number of carbonyl (C=O) groups is 1. The number of unbranched alkanes of at least 4 members (excludes halogenated alkanes) is 7. The van der Waals surface area contributed by atoms with Gasteiger partial charge in [0.05, 0.1) is 0 Å². The Morgan fingerprint density at radius 3 is 1.77 bits per heavy atom. The minimum absolute atomic E-state index is 0.402. The molecule has 3 nitrogen and oxygen atoms in total. The molecular weight excluding hydrogens is 272 g/mol. The predicted molar refractivity (Wildman–Crippen MR) is 93.0 cm³/mol. The number of hydrogen-bond donors (Lipinski definition) is 0. The SMILES string of the molecule is O=C(CCCCCCCCCCN1CCCC1)N1CCCC1. The molecule has 2 fully saturated rings. The van der Waals surface area contributed by atoms with E-state index < -0.39 is 0 Å². The van der Waals surface area contributed by atoms with Crippen molar-refractivity contribution in [1.29, 1.82) is 0 Å². The van der Waals surface area contributed by atoms with Gasteiger partial charge < -0.3 is 9.80 Å². The fourth-order valence-electron chi connectivity index (χ4n) is 3.80. The fourth-order valence-corrected chi connectivity index (χ4v) is 3.80. The molecule has 128 valence electrons. The van der Waals surface area contributed by atoms with Gasteiger partial charge in [0, 0.05) is 19.5 Å². The van der Waals surface area contributed by atoms with Crippen LogP contribution in [0.2, 0.25) is 0 Å². The first-order valence-electron chi connectivity index (χ1n) is 9.86. The third-order valence-corrected chi connectivity index (χ3v) is 5.27. The molecule has 2 heterocycles. The second-order valence-electron chi connectivity index (χ2n) is 7.22. The molecule has 0 N–H and O–H groups in total. The van der Waals surface area contributed by atoms with Crippen LogP contribution in [0, 0.1) is 0 Å². The van der Waals surface area contributed by atoms with Crippen molar-refractivity contribution in [3.05, 3.63) is 0 Å². The molecule has 0 aromatic heterocycles. The van der Waals surface area contributed by atoms with Gasteiger partial charge in [-0.1, -0.05) is 38.5 Å². The third kappa shape index (κ3) is 7.13. The fraction of sp³-hybridized carbons (Fsp3) is 0.947. The van der Waals surface area contributed by atoms with Gasteiger partial charge in [-0.25, -0.2) is 0 Å². The van der Waals surface area contributed by atoms with Crippen molar-refractivity contribution in [3.8, 4) is 0 Å². The highest BCUT2D eigenvalue weighted by Crippen LogP contribution is 2.14. The Labute approximate surface area is 137 Å². The van der Waals surface area contributed by atoms with Crippen LogP contribution in [0.1, 0.15) is 83.5 Å². The topological polar surface area (TPSA) is 23.6 Å². The van der Waals surface area contributed by atoms with Gasteiger partial charge in [0.25, 0.3) is 0 Å². The van der Waals surface area contributed by atoms with Gasteiger partial charge in [0.1, 0.15) is 0 Å². The maximum absolute atomic E-state index is 11.9. The lowest BCUT2D eigenvalue weighted by atomic mass is 10.1. The van der Waals surface area contributed by atoms with Gasteiger partial charge in [0.2, 0.25) is 5.91 Å². The molecule has 2 saturated heterocycles. The van der Waals surface area contributed by atoms with E-state index in [2.05, 4.69) is 9.80 Å². The van der Waals surface area contributed by atoms with E-state index in [4.69, 9.17) is 0 Å². The van der Waals surface area contributed by atoms with Gasteiger partial charge in [-0.2, -0.15) is 0 Å². The molecule has 1 amide bonds. The van der Waals surface area contributed by atoms with E-state index in [-0.39, 0.29) is 0 Å². The van der Waals surface area contributed by atoms with Crippen LogP contribution < -0.4 is 0 Å². The van der Waals surface area contributed by atoms with E-state index in [1.165, 1.54) is 90.3 Å². The van der Waals surface area contributed by atoms with E-state index in [9.17, 15) is 4.79 Å². The summed E-state index contributed by atoms with van der Waals surface area (Å²) >= 11 is 0. The van der Waals surface area contributed by atoms with Crippen LogP contribution in [0.15, 0.2) is 0 Å². The highest BCUT2D eigenvalue weighted by atomic mass is 16.2. The molecule has 0 unspecified atom stereocenters. The van der Waals surface area contributed by atoms with Crippen LogP contribution in [0.3, 0.4) is 0 Å². The van der Waals surface area contributed by atoms with Crippen LogP contribution in [0.5, 0.6) is 0 Å². The summed E-state index contributed by atoms with van der Waals surface area (Å²) in [7, 11) is 0. The Morgan fingerprint density at radius 1 is 0.636 bits per heavy atom. The summed E-state index contributed by atoms with van der Waals surface area (Å²) in [4.78, 5) is 16.6. The van der Waals surface area contributed by atoms with Crippen molar-refractivity contribution in [2.75, 3.05) is 32.7 Å². The number of carbonyl (C=O) groups excluding carboxylic acids is 1. The predicted octanol–water partition coefficient (Wildman–Crippen LogP) is 4.22. The summed E-state index contributed by atoms with van der Waals surface area (Å²) in [6, 6.07) is 0. The van der Waals surface area contributed by atoms with E-state index in [1.807, 2.05) is 0 Å². The number of amides is 1. The number of nitrogens with zero attached hydrogens (tertiary/aromatic N) is 2. The second-order valence-corrected chi connectivity index (χ2v) is 7.22. The third-order valence-electron chi connectivity index (χ3n) is 5.27. The monoisotopic (exact) mass is 308 g/mol. The molecule has 0 aromatic rings. The molecular formula is C19H36N2O. The van der Waals surface area contributed by atoms with Crippen molar-refractivity contribution in [1.82, 2.24) is 9.80 Å². The summed E-state index contributed by atoms with van der Waals surface area (Å²) < 4.78 is 0. The lowest BCUT2D eigenvalue weighted by Crippen LogP contribution is -2.27. The Bertz CT molecular complexity index is 294. The zero-order valence-electron chi connectivity index (χ0n) is 14.5. The van der Waals surface area contributed by atoms with Crippen LogP contribution in [0.25, 0.3) is 0 Å². The van der Waals surface area contributed by atoms with Crippen molar-refractivity contribution < 1.29 is 4.79 Å². The van der Waals surface area contributed by atoms with Crippen molar-refractivity contribution in [2.45, 2.75) is 83.5 Å². The second kappa shape index (κ2) is 11.0. The zero-order valence-corrected chi connectivity index (χ0v) is 14.5. The number of likely N-dealkylation sites (tertiary alicyclic amines) is 2. The smallest absolute Gasteiger partial charge is 0.222 e. The molecule has 0 saturated carbocycles. The van der Waals surface area contributed by atoms with Crippen molar-refractivity contribution >= 4 is 5.91 Å². The lowest BCUT2D eigenvalue weighted by molar-refractivity contribution is -0.130. The summed E-state index contributed by atoms with van der Waals surface area (Å²) in [6.45, 7) is 6.04. The average molecular weight is 309 g/mol. The molecule has 2 rings (SSSR count). The number of rotatable bonds is 11. The van der Waals surface area contributed by atoms with Gasteiger partial charge >= 0.3 is 0 Å². The first kappa shape index (κ1) is 17.8. The van der Waals surface area contributed by atoms with E-state index in [0.29, 0.717) is 5.91 Å². The largest absolute Gasteiger partial charge is 0.343 e. The first-order chi connectivity index (χ1) is 10.9. The van der Waals surface area contributed by atoms with Crippen LogP contribution in [0.4, 0.5) is 0 Å². The Morgan fingerprint density at radius 2 is 1.14 bits per heavy atom. The lowest BCUT2D eigenvalue weighted by Gasteiger charge is -2.14. The first-order valence-corrected chi connectivity index (χ1v) is 9.86. The Balaban J connectivity index is 1.30. The van der Waals surface area contributed by atoms with Gasteiger partial charge in [0.15, 0.2) is 0 Å². The molecule has 0 spiro atoms. The van der Waals surface area contributed by atoms with Gasteiger partial charge in [-0.15, -0.1) is 0 Å². The summed E-state index contributed by atoms with van der Waals surface area (Å²) in [6.07, 6.45) is 16.7. The standard InChI is InChI=1S/C19H36N2O/c22-19(21-17-11-12-18-21)13-7-5-3-1-2-4-6-8-14-20-15-9-10-16-20/h1-18H2. The van der Waals surface area contributed by atoms with Gasteiger partial charge in [-0.05, 0) is 58.2 Å². The highest BCUT2D eigenvalue weighted by molar-refractivity contribution is 5.76. The Kier molecular flexibility index (Phi) is 8.92. The summed E-state index contributed by atoms with van der Waals surface area (Å²) in [5, 5.41) is 0. The minimum Gasteiger partial charge on any atom is -0.343 e. The average Bonchev–Trinajstić information content (AvgIpc) is 3.22. The van der Waals surface area contributed by atoms with E-state index in [0.717, 1.165) is 25.9 Å². The summed E-state index contributed by atoms with van der Waals surface area (Å²) in [5.41, 5.74) is 0. The molecule has 0 aliphatic carbocycles. The van der Waals surface area contributed by atoms with Gasteiger partial charge in [-0.3, -0.25) is 4.79 Å². The molecule has 0 aromatic carbocycles. The van der Waals surface area contributed by atoms with Crippen LogP contribution in [-0.2, 0) is 4.79 Å². The molecule has 22 heavy (non-hydrogen) atoms. The highest BCUT2D eigenvalue weighted by Gasteiger charge is 2.16. The zero-order chi connectivity index (χ0) is 15.5. The van der Waals surface area contributed by atoms with E-state index >= 15 is 0 Å². The quantitative estimate of drug-likeness (QED) is 0.534. The van der Waals surface area contributed by atoms with Crippen LogP contribution >= 0.6 is 0 Å². The molecule has 2 aliphatic heterocycles. The molecule has 3 heteroatoms. The molecule has 2 aliphatic rings. The maximum Gasteiger partial charge on any atom is 0.222 e. The van der Waals surface area contributed by atoms with E-state index in [1.54, 1.807) is 0 Å². The van der Waals surface area contributed by atoms with Crippen molar-refractivity contribution in [2.24, 2.45) is 0 Å². The molecule has 0 atom stereocenters. The Hall–Kier alpha value is -0.570. The maximum atomic E-state index is 11.9. The summed E-state index contributed by atoms with van der Waals surface area (Å²) in [5.74, 6) is 0.402. The normalized spacial score (nSPS) is 19.2.